The van der Waals surface area contributed by atoms with Crippen molar-refractivity contribution in [1.82, 2.24) is 10.6 Å². The zero-order valence-corrected chi connectivity index (χ0v) is 12.9. The number of nitrogens with two attached hydrogens (primary N) is 1. The maximum Gasteiger partial charge on any atom is 0.326 e. The van der Waals surface area contributed by atoms with Crippen molar-refractivity contribution >= 4 is 23.8 Å². The van der Waals surface area contributed by atoms with Crippen LogP contribution in [0.25, 0.3) is 0 Å². The molecule has 8 heteroatoms. The van der Waals surface area contributed by atoms with E-state index in [-0.39, 0.29) is 5.92 Å². The summed E-state index contributed by atoms with van der Waals surface area (Å²) in [6.45, 7) is 2.88. The number of nitrogens with one attached hydrogen (secondary N) is 2. The van der Waals surface area contributed by atoms with E-state index in [0.29, 0.717) is 5.56 Å². The first-order valence-corrected chi connectivity index (χ1v) is 6.94. The van der Waals surface area contributed by atoms with E-state index in [1.807, 2.05) is 5.32 Å². The zero-order valence-electron chi connectivity index (χ0n) is 12.9. The Morgan fingerprint density at radius 3 is 2.26 bits per heavy atom. The molecule has 0 fully saturated rings. The Morgan fingerprint density at radius 1 is 1.13 bits per heavy atom. The molecule has 0 saturated carbocycles. The number of benzene rings is 1. The second-order valence-electron chi connectivity index (χ2n) is 5.06. The third-order valence-electron chi connectivity index (χ3n) is 2.80. The highest BCUT2D eigenvalue weighted by Gasteiger charge is 2.27. The minimum atomic E-state index is -1.18. The molecule has 8 nitrogen and oxygen atoms in total. The van der Waals surface area contributed by atoms with Crippen molar-refractivity contribution in [2.45, 2.75) is 20.0 Å². The monoisotopic (exact) mass is 321 g/mol. The quantitative estimate of drug-likeness (QED) is 0.644. The van der Waals surface area contributed by atoms with Crippen LogP contribution in [0.2, 0.25) is 0 Å². The Bertz CT molecular complexity index is 586. The molecular weight excluding hydrogens is 302 g/mol. The number of esters is 1. The highest BCUT2D eigenvalue weighted by Crippen LogP contribution is 2.07. The molecule has 1 atom stereocenters. The standard InChI is InChI=1S/C15H19N3O5/c1-9(2)12(14(21)18-15(16)22)23-11(19)8-17-13(20)10-6-4-3-5-7-10/h3-7,9,12H,8H2,1-2H3,(H,17,20)(H3,16,18,21,22)/t12-/m1/s1. The van der Waals surface area contributed by atoms with E-state index in [1.165, 1.54) is 0 Å². The number of carbonyl (C=O) groups is 4. The minimum Gasteiger partial charge on any atom is -0.451 e. The molecule has 1 rings (SSSR count). The van der Waals surface area contributed by atoms with Gasteiger partial charge in [-0.15, -0.1) is 0 Å². The number of amides is 4. The summed E-state index contributed by atoms with van der Waals surface area (Å²) < 4.78 is 4.99. The van der Waals surface area contributed by atoms with E-state index in [2.05, 4.69) is 5.32 Å². The molecule has 124 valence electrons. The average Bonchev–Trinajstić information content (AvgIpc) is 2.50. The topological polar surface area (TPSA) is 128 Å². The van der Waals surface area contributed by atoms with Crippen LogP contribution in [0.3, 0.4) is 0 Å². The van der Waals surface area contributed by atoms with E-state index in [1.54, 1.807) is 44.2 Å². The number of imide groups is 1. The van der Waals surface area contributed by atoms with Crippen molar-refractivity contribution in [3.8, 4) is 0 Å². The Balaban J connectivity index is 2.54. The van der Waals surface area contributed by atoms with Crippen LogP contribution in [-0.4, -0.2) is 36.5 Å². The van der Waals surface area contributed by atoms with Crippen LogP contribution in [0.1, 0.15) is 24.2 Å². The lowest BCUT2D eigenvalue weighted by Gasteiger charge is -2.19. The molecule has 4 N–H and O–H groups in total. The summed E-state index contributed by atoms with van der Waals surface area (Å²) in [4.78, 5) is 45.9. The predicted octanol–water partition coefficient (Wildman–Crippen LogP) is 0.179. The van der Waals surface area contributed by atoms with Crippen molar-refractivity contribution < 1.29 is 23.9 Å². The summed E-state index contributed by atoms with van der Waals surface area (Å²) in [5, 5.41) is 4.24. The number of carbonyl (C=O) groups excluding carboxylic acids is 4. The lowest BCUT2D eigenvalue weighted by atomic mass is 10.1. The van der Waals surface area contributed by atoms with Crippen LogP contribution in [0.4, 0.5) is 4.79 Å². The van der Waals surface area contributed by atoms with Crippen LogP contribution in [0.5, 0.6) is 0 Å². The molecule has 1 aromatic rings. The number of hydrogen-bond acceptors (Lipinski definition) is 5. The smallest absolute Gasteiger partial charge is 0.326 e. The molecule has 0 aliphatic rings. The Hall–Kier alpha value is -2.90. The Kier molecular flexibility index (Phi) is 6.72. The molecule has 1 aromatic carbocycles. The van der Waals surface area contributed by atoms with Gasteiger partial charge in [0.05, 0.1) is 0 Å². The van der Waals surface area contributed by atoms with Gasteiger partial charge in [-0.3, -0.25) is 19.7 Å². The zero-order chi connectivity index (χ0) is 17.4. The van der Waals surface area contributed by atoms with Gasteiger partial charge in [0.2, 0.25) is 0 Å². The summed E-state index contributed by atoms with van der Waals surface area (Å²) in [6, 6.07) is 7.30. The molecule has 0 unspecified atom stereocenters. The van der Waals surface area contributed by atoms with Gasteiger partial charge in [0.15, 0.2) is 6.10 Å². The van der Waals surface area contributed by atoms with Crippen molar-refractivity contribution in [1.29, 1.82) is 0 Å². The van der Waals surface area contributed by atoms with Gasteiger partial charge < -0.3 is 15.8 Å². The van der Waals surface area contributed by atoms with Crippen LogP contribution in [-0.2, 0) is 14.3 Å². The van der Waals surface area contributed by atoms with Crippen molar-refractivity contribution in [2.24, 2.45) is 11.7 Å². The SMILES string of the molecule is CC(C)[C@@H](OC(=O)CNC(=O)c1ccccc1)C(=O)NC(N)=O. The fourth-order valence-corrected chi connectivity index (χ4v) is 1.71. The van der Waals surface area contributed by atoms with Gasteiger partial charge in [0.25, 0.3) is 11.8 Å². The van der Waals surface area contributed by atoms with Gasteiger partial charge >= 0.3 is 12.0 Å². The van der Waals surface area contributed by atoms with Gasteiger partial charge in [-0.25, -0.2) is 4.79 Å². The summed E-state index contributed by atoms with van der Waals surface area (Å²) >= 11 is 0. The number of rotatable bonds is 6. The first-order chi connectivity index (χ1) is 10.8. The molecular formula is C15H19N3O5. The summed E-state index contributed by atoms with van der Waals surface area (Å²) in [6.07, 6.45) is -1.18. The number of ether oxygens (including phenoxy) is 1. The van der Waals surface area contributed by atoms with Gasteiger partial charge in [0.1, 0.15) is 6.54 Å². The highest BCUT2D eigenvalue weighted by molar-refractivity contribution is 5.98. The molecule has 0 radical (unpaired) electrons. The predicted molar refractivity (Wildman–Crippen MR) is 81.2 cm³/mol. The number of primary amides is 1. The summed E-state index contributed by atoms with van der Waals surface area (Å²) in [5.41, 5.74) is 5.25. The third kappa shape index (κ3) is 6.16. The molecule has 0 aliphatic carbocycles. The van der Waals surface area contributed by atoms with Crippen LogP contribution < -0.4 is 16.4 Å². The van der Waals surface area contributed by atoms with Crippen molar-refractivity contribution in [3.05, 3.63) is 35.9 Å². The third-order valence-corrected chi connectivity index (χ3v) is 2.80. The molecule has 23 heavy (non-hydrogen) atoms. The molecule has 0 saturated heterocycles. The molecule has 0 spiro atoms. The van der Waals surface area contributed by atoms with Gasteiger partial charge in [0, 0.05) is 5.56 Å². The first kappa shape index (κ1) is 18.1. The van der Waals surface area contributed by atoms with E-state index in [4.69, 9.17) is 10.5 Å². The van der Waals surface area contributed by atoms with E-state index in [9.17, 15) is 19.2 Å². The summed E-state index contributed by atoms with van der Waals surface area (Å²) in [5.74, 6) is -2.42. The molecule has 0 bridgehead atoms. The second kappa shape index (κ2) is 8.52. The van der Waals surface area contributed by atoms with Gasteiger partial charge in [-0.1, -0.05) is 32.0 Å². The van der Waals surface area contributed by atoms with Crippen LogP contribution in [0, 0.1) is 5.92 Å². The van der Waals surface area contributed by atoms with Gasteiger partial charge in [-0.2, -0.15) is 0 Å². The number of hydrogen-bond donors (Lipinski definition) is 3. The maximum absolute atomic E-state index is 11.8. The fourth-order valence-electron chi connectivity index (χ4n) is 1.71. The molecule has 0 aliphatic heterocycles. The van der Waals surface area contributed by atoms with E-state index < -0.39 is 36.5 Å². The van der Waals surface area contributed by atoms with E-state index in [0.717, 1.165) is 0 Å². The first-order valence-electron chi connectivity index (χ1n) is 6.94. The average molecular weight is 321 g/mol. The minimum absolute atomic E-state index is 0.372. The Labute approximate surface area is 133 Å². The largest absolute Gasteiger partial charge is 0.451 e. The Morgan fingerprint density at radius 2 is 1.74 bits per heavy atom. The van der Waals surface area contributed by atoms with Crippen LogP contribution in [0.15, 0.2) is 30.3 Å². The molecule has 4 amide bonds. The second-order valence-corrected chi connectivity index (χ2v) is 5.06. The maximum atomic E-state index is 11.8. The van der Waals surface area contributed by atoms with Crippen LogP contribution >= 0.6 is 0 Å². The molecule has 0 heterocycles. The summed E-state index contributed by atoms with van der Waals surface area (Å²) in [7, 11) is 0. The van der Waals surface area contributed by atoms with Crippen molar-refractivity contribution in [3.63, 3.8) is 0 Å². The van der Waals surface area contributed by atoms with Crippen molar-refractivity contribution in [2.75, 3.05) is 6.54 Å². The highest BCUT2D eigenvalue weighted by atomic mass is 16.5. The van der Waals surface area contributed by atoms with Gasteiger partial charge in [-0.05, 0) is 18.1 Å². The normalized spacial score (nSPS) is 11.4. The molecule has 0 aromatic heterocycles. The lowest BCUT2D eigenvalue weighted by Crippen LogP contribution is -2.46. The lowest BCUT2D eigenvalue weighted by molar-refractivity contribution is -0.157. The van der Waals surface area contributed by atoms with E-state index >= 15 is 0 Å². The number of urea groups is 1. The fraction of sp³-hybridized carbons (Fsp3) is 0.333.